The number of rotatable bonds is 3. The van der Waals surface area contributed by atoms with E-state index in [1.54, 1.807) is 0 Å². The molecule has 0 saturated carbocycles. The maximum Gasteiger partial charge on any atom is 0.193 e. The van der Waals surface area contributed by atoms with Crippen molar-refractivity contribution in [3.05, 3.63) is 42.0 Å². The number of aromatic nitrogens is 3. The van der Waals surface area contributed by atoms with Crippen molar-refractivity contribution in [2.24, 2.45) is 10.9 Å². The van der Waals surface area contributed by atoms with Crippen LogP contribution in [0.3, 0.4) is 0 Å². The van der Waals surface area contributed by atoms with E-state index in [0.717, 1.165) is 69.7 Å². The lowest BCUT2D eigenvalue weighted by Crippen LogP contribution is -2.53. The van der Waals surface area contributed by atoms with E-state index in [9.17, 15) is 0 Å². The molecule has 2 aromatic rings. The number of aliphatic imine (C=N–C) groups is 1. The van der Waals surface area contributed by atoms with Crippen LogP contribution < -0.4 is 10.2 Å². The van der Waals surface area contributed by atoms with Gasteiger partial charge in [0.1, 0.15) is 11.6 Å². The SMILES string of the molecule is CN=C(NCC1CCc2nnc(C)n2C1)N1CCN(c2ccccc2)CC1. The first-order valence-electron chi connectivity index (χ1n) is 9.89. The highest BCUT2D eigenvalue weighted by molar-refractivity contribution is 5.80. The van der Waals surface area contributed by atoms with Gasteiger partial charge >= 0.3 is 0 Å². The van der Waals surface area contributed by atoms with Crippen molar-refractivity contribution in [2.45, 2.75) is 26.3 Å². The minimum absolute atomic E-state index is 0.592. The van der Waals surface area contributed by atoms with Gasteiger partial charge in [-0.1, -0.05) is 18.2 Å². The minimum Gasteiger partial charge on any atom is -0.368 e. The van der Waals surface area contributed by atoms with Crippen LogP contribution in [0, 0.1) is 12.8 Å². The molecular formula is C20H29N7. The van der Waals surface area contributed by atoms with E-state index in [2.05, 4.69) is 65.2 Å². The van der Waals surface area contributed by atoms with Gasteiger partial charge in [-0.25, -0.2) is 0 Å². The first-order valence-corrected chi connectivity index (χ1v) is 9.89. The molecule has 4 rings (SSSR count). The van der Waals surface area contributed by atoms with E-state index in [4.69, 9.17) is 0 Å². The molecule has 3 heterocycles. The predicted molar refractivity (Wildman–Crippen MR) is 108 cm³/mol. The molecule has 0 spiro atoms. The summed E-state index contributed by atoms with van der Waals surface area (Å²) in [5, 5.41) is 12.1. The zero-order valence-corrected chi connectivity index (χ0v) is 16.3. The molecule has 7 heteroatoms. The molecule has 0 radical (unpaired) electrons. The lowest BCUT2D eigenvalue weighted by molar-refractivity contribution is 0.339. The molecule has 1 fully saturated rings. The van der Waals surface area contributed by atoms with Gasteiger partial charge in [-0.3, -0.25) is 4.99 Å². The van der Waals surface area contributed by atoms with E-state index in [-0.39, 0.29) is 0 Å². The maximum atomic E-state index is 4.53. The molecule has 1 aromatic heterocycles. The minimum atomic E-state index is 0.592. The molecule has 1 N–H and O–H groups in total. The molecule has 2 aliphatic heterocycles. The Kier molecular flexibility index (Phi) is 5.27. The van der Waals surface area contributed by atoms with Crippen LogP contribution in [0.25, 0.3) is 0 Å². The van der Waals surface area contributed by atoms with Crippen LogP contribution in [0.2, 0.25) is 0 Å². The maximum absolute atomic E-state index is 4.53. The summed E-state index contributed by atoms with van der Waals surface area (Å²) in [5.41, 5.74) is 1.31. The Morgan fingerprint density at radius 2 is 1.93 bits per heavy atom. The predicted octanol–water partition coefficient (Wildman–Crippen LogP) is 1.55. The van der Waals surface area contributed by atoms with Gasteiger partial charge in [-0.15, -0.1) is 10.2 Å². The summed E-state index contributed by atoms with van der Waals surface area (Å²) in [4.78, 5) is 9.35. The third-order valence-corrected chi connectivity index (χ3v) is 5.69. The second-order valence-corrected chi connectivity index (χ2v) is 7.42. The van der Waals surface area contributed by atoms with Gasteiger partial charge in [0.2, 0.25) is 0 Å². The monoisotopic (exact) mass is 367 g/mol. The molecule has 144 valence electrons. The molecule has 1 aromatic carbocycles. The lowest BCUT2D eigenvalue weighted by atomic mass is 9.99. The first kappa shape index (κ1) is 17.8. The molecular weight excluding hydrogens is 338 g/mol. The molecule has 1 atom stereocenters. The van der Waals surface area contributed by atoms with Crippen molar-refractivity contribution in [1.82, 2.24) is 25.0 Å². The zero-order chi connectivity index (χ0) is 18.6. The standard InChI is InChI=1S/C20H29N7/c1-16-23-24-19-9-8-17(15-27(16)19)14-22-20(21-2)26-12-10-25(11-13-26)18-6-4-3-5-7-18/h3-7,17H,8-15H2,1-2H3,(H,21,22). The van der Waals surface area contributed by atoms with Crippen LogP contribution in [-0.4, -0.2) is 65.4 Å². The Bertz CT molecular complexity index is 775. The number of piperazine rings is 1. The third kappa shape index (κ3) is 3.91. The topological polar surface area (TPSA) is 61.6 Å². The highest BCUT2D eigenvalue weighted by Gasteiger charge is 2.23. The summed E-state index contributed by atoms with van der Waals surface area (Å²) in [7, 11) is 1.88. The normalized spacial score (nSPS) is 20.5. The number of fused-ring (bicyclic) bond motifs is 1. The number of hydrogen-bond donors (Lipinski definition) is 1. The van der Waals surface area contributed by atoms with Crippen molar-refractivity contribution >= 4 is 11.6 Å². The Balaban J connectivity index is 1.29. The number of anilines is 1. The molecule has 1 saturated heterocycles. The molecule has 27 heavy (non-hydrogen) atoms. The largest absolute Gasteiger partial charge is 0.368 e. The Hall–Kier alpha value is -2.57. The molecule has 0 amide bonds. The third-order valence-electron chi connectivity index (χ3n) is 5.69. The fourth-order valence-corrected chi connectivity index (χ4v) is 4.08. The summed E-state index contributed by atoms with van der Waals surface area (Å²) >= 11 is 0. The van der Waals surface area contributed by atoms with Gasteiger partial charge in [0.25, 0.3) is 0 Å². The summed E-state index contributed by atoms with van der Waals surface area (Å²) < 4.78 is 2.26. The zero-order valence-electron chi connectivity index (χ0n) is 16.3. The molecule has 7 nitrogen and oxygen atoms in total. The van der Waals surface area contributed by atoms with Crippen LogP contribution in [-0.2, 0) is 13.0 Å². The summed E-state index contributed by atoms with van der Waals surface area (Å²) in [5.74, 6) is 3.77. The van der Waals surface area contributed by atoms with Gasteiger partial charge in [-0.05, 0) is 31.4 Å². The fraction of sp³-hybridized carbons (Fsp3) is 0.550. The molecule has 1 unspecified atom stereocenters. The lowest BCUT2D eigenvalue weighted by Gasteiger charge is -2.38. The smallest absolute Gasteiger partial charge is 0.193 e. The second kappa shape index (κ2) is 7.98. The highest BCUT2D eigenvalue weighted by atomic mass is 15.3. The average molecular weight is 368 g/mol. The van der Waals surface area contributed by atoms with E-state index < -0.39 is 0 Å². The summed E-state index contributed by atoms with van der Waals surface area (Å²) in [6.07, 6.45) is 2.17. The second-order valence-electron chi connectivity index (χ2n) is 7.42. The number of nitrogens with zero attached hydrogens (tertiary/aromatic N) is 6. The summed E-state index contributed by atoms with van der Waals surface area (Å²) in [6.45, 7) is 8.02. The molecule has 0 bridgehead atoms. The van der Waals surface area contributed by atoms with Crippen molar-refractivity contribution in [1.29, 1.82) is 0 Å². The number of nitrogens with one attached hydrogen (secondary N) is 1. The van der Waals surface area contributed by atoms with E-state index in [1.165, 1.54) is 5.69 Å². The number of para-hydroxylation sites is 1. The van der Waals surface area contributed by atoms with Crippen molar-refractivity contribution < 1.29 is 0 Å². The van der Waals surface area contributed by atoms with Gasteiger partial charge < -0.3 is 19.7 Å². The average Bonchev–Trinajstić information content (AvgIpc) is 3.10. The number of benzene rings is 1. The summed E-state index contributed by atoms with van der Waals surface area (Å²) in [6, 6.07) is 10.7. The quantitative estimate of drug-likeness (QED) is 0.659. The molecule has 0 aliphatic carbocycles. The van der Waals surface area contributed by atoms with E-state index in [0.29, 0.717) is 5.92 Å². The van der Waals surface area contributed by atoms with Crippen LogP contribution in [0.15, 0.2) is 35.3 Å². The fourth-order valence-electron chi connectivity index (χ4n) is 4.08. The van der Waals surface area contributed by atoms with Crippen LogP contribution >= 0.6 is 0 Å². The number of hydrogen-bond acceptors (Lipinski definition) is 4. The van der Waals surface area contributed by atoms with Gasteiger partial charge in [0, 0.05) is 58.4 Å². The van der Waals surface area contributed by atoms with Gasteiger partial charge in [0.05, 0.1) is 0 Å². The number of guanidine groups is 1. The molecule has 2 aliphatic rings. The highest BCUT2D eigenvalue weighted by Crippen LogP contribution is 2.19. The van der Waals surface area contributed by atoms with Gasteiger partial charge in [-0.2, -0.15) is 0 Å². The van der Waals surface area contributed by atoms with E-state index in [1.807, 2.05) is 14.0 Å². The van der Waals surface area contributed by atoms with Crippen LogP contribution in [0.5, 0.6) is 0 Å². The number of aryl methyl sites for hydroxylation is 2. The van der Waals surface area contributed by atoms with E-state index >= 15 is 0 Å². The Labute approximate surface area is 161 Å². The Morgan fingerprint density at radius 1 is 1.15 bits per heavy atom. The van der Waals surface area contributed by atoms with Crippen molar-refractivity contribution in [3.63, 3.8) is 0 Å². The van der Waals surface area contributed by atoms with Gasteiger partial charge in [0.15, 0.2) is 5.96 Å². The van der Waals surface area contributed by atoms with Crippen LogP contribution in [0.1, 0.15) is 18.1 Å². The first-order chi connectivity index (χ1) is 13.2. The van der Waals surface area contributed by atoms with Crippen LogP contribution in [0.4, 0.5) is 5.69 Å². The van der Waals surface area contributed by atoms with Crippen molar-refractivity contribution in [2.75, 3.05) is 44.7 Å². The Morgan fingerprint density at radius 3 is 2.67 bits per heavy atom. The van der Waals surface area contributed by atoms with Crippen molar-refractivity contribution in [3.8, 4) is 0 Å².